The molecule has 0 bridgehead atoms. The Morgan fingerprint density at radius 1 is 1.05 bits per heavy atom. The highest BCUT2D eigenvalue weighted by atomic mass is 16.4. The van der Waals surface area contributed by atoms with E-state index in [0.29, 0.717) is 38.8 Å². The fraction of sp³-hybridized carbons (Fsp3) is 0.875. The van der Waals surface area contributed by atoms with E-state index in [1.54, 1.807) is 0 Å². The fourth-order valence-corrected chi connectivity index (χ4v) is 4.46. The second kappa shape index (κ2) is 5.59. The lowest BCUT2D eigenvalue weighted by molar-refractivity contribution is -0.147. The maximum Gasteiger partial charge on any atom is 0.306 e. The quantitative estimate of drug-likeness (QED) is 0.812. The number of hydrogen-bond acceptors (Lipinski definition) is 3. The van der Waals surface area contributed by atoms with Crippen LogP contribution in [0, 0.1) is 17.8 Å². The molecule has 3 fully saturated rings. The number of carbonyl (C=O) groups excluding carboxylic acids is 1. The monoisotopic (exact) mass is 295 g/mol. The predicted molar refractivity (Wildman–Crippen MR) is 76.6 cm³/mol. The van der Waals surface area contributed by atoms with E-state index in [-0.39, 0.29) is 23.7 Å². The number of aliphatic hydroxyl groups is 1. The summed E-state index contributed by atoms with van der Waals surface area (Å²) >= 11 is 0. The van der Waals surface area contributed by atoms with E-state index < -0.39 is 11.6 Å². The van der Waals surface area contributed by atoms with Gasteiger partial charge in [0.15, 0.2) is 0 Å². The Morgan fingerprint density at radius 2 is 1.81 bits per heavy atom. The molecule has 1 saturated heterocycles. The van der Waals surface area contributed by atoms with Gasteiger partial charge in [-0.05, 0) is 38.5 Å². The Morgan fingerprint density at radius 3 is 2.52 bits per heavy atom. The third kappa shape index (κ3) is 2.80. The molecule has 2 unspecified atom stereocenters. The molecule has 1 amide bonds. The topological polar surface area (TPSA) is 77.8 Å². The summed E-state index contributed by atoms with van der Waals surface area (Å²) in [6.45, 7) is 1.28. The van der Waals surface area contributed by atoms with Crippen molar-refractivity contribution in [2.45, 2.75) is 57.0 Å². The van der Waals surface area contributed by atoms with E-state index in [2.05, 4.69) is 0 Å². The lowest BCUT2D eigenvalue weighted by Gasteiger charge is -2.47. The molecule has 2 saturated carbocycles. The number of carbonyl (C=O) groups is 2. The Balaban J connectivity index is 1.60. The number of amides is 1. The van der Waals surface area contributed by atoms with Crippen LogP contribution in [-0.4, -0.2) is 45.7 Å². The predicted octanol–water partition coefficient (Wildman–Crippen LogP) is 1.64. The molecule has 1 heterocycles. The van der Waals surface area contributed by atoms with E-state index in [0.717, 1.165) is 25.7 Å². The first-order chi connectivity index (χ1) is 9.99. The molecule has 1 aliphatic heterocycles. The van der Waals surface area contributed by atoms with Crippen molar-refractivity contribution in [2.75, 3.05) is 13.1 Å². The summed E-state index contributed by atoms with van der Waals surface area (Å²) < 4.78 is 0. The molecular formula is C16H25NO4. The minimum absolute atomic E-state index is 0.117. The molecule has 3 rings (SSSR count). The van der Waals surface area contributed by atoms with Crippen LogP contribution in [0.1, 0.15) is 51.4 Å². The maximum absolute atomic E-state index is 12.6. The second-order valence-corrected chi connectivity index (χ2v) is 7.13. The van der Waals surface area contributed by atoms with Crippen molar-refractivity contribution in [2.24, 2.45) is 17.8 Å². The van der Waals surface area contributed by atoms with Crippen LogP contribution in [0.3, 0.4) is 0 Å². The first-order valence-electron chi connectivity index (χ1n) is 8.23. The van der Waals surface area contributed by atoms with Crippen LogP contribution in [0.2, 0.25) is 0 Å². The van der Waals surface area contributed by atoms with E-state index in [4.69, 9.17) is 5.11 Å². The summed E-state index contributed by atoms with van der Waals surface area (Å²) in [5.74, 6) is -0.922. The van der Waals surface area contributed by atoms with E-state index in [1.165, 1.54) is 0 Å². The van der Waals surface area contributed by atoms with Gasteiger partial charge in [0.25, 0.3) is 0 Å². The van der Waals surface area contributed by atoms with Crippen molar-refractivity contribution in [3.8, 4) is 0 Å². The summed E-state index contributed by atoms with van der Waals surface area (Å²) in [4.78, 5) is 25.5. The van der Waals surface area contributed by atoms with Gasteiger partial charge in [-0.25, -0.2) is 0 Å². The number of fused-ring (bicyclic) bond motifs is 1. The Kier molecular flexibility index (Phi) is 3.95. The number of hydrogen-bond donors (Lipinski definition) is 2. The highest BCUT2D eigenvalue weighted by molar-refractivity contribution is 5.81. The molecule has 21 heavy (non-hydrogen) atoms. The molecule has 0 aromatic carbocycles. The average molecular weight is 295 g/mol. The Hall–Kier alpha value is -1.10. The first kappa shape index (κ1) is 14.8. The molecule has 2 N–H and O–H groups in total. The molecule has 0 aromatic rings. The van der Waals surface area contributed by atoms with Gasteiger partial charge in [0.1, 0.15) is 0 Å². The fourth-order valence-electron chi connectivity index (χ4n) is 4.46. The van der Waals surface area contributed by atoms with Gasteiger partial charge in [-0.1, -0.05) is 12.8 Å². The smallest absolute Gasteiger partial charge is 0.306 e. The van der Waals surface area contributed by atoms with Crippen LogP contribution in [0.5, 0.6) is 0 Å². The van der Waals surface area contributed by atoms with Gasteiger partial charge in [0.2, 0.25) is 5.91 Å². The Bertz CT molecular complexity index is 438. The lowest BCUT2D eigenvalue weighted by Crippen LogP contribution is -2.55. The number of nitrogens with zero attached hydrogens (tertiary/aromatic N) is 1. The van der Waals surface area contributed by atoms with Gasteiger partial charge in [-0.2, -0.15) is 0 Å². The van der Waals surface area contributed by atoms with Gasteiger partial charge >= 0.3 is 5.97 Å². The number of aliphatic carboxylic acids is 1. The van der Waals surface area contributed by atoms with Crippen molar-refractivity contribution in [1.82, 2.24) is 4.90 Å². The van der Waals surface area contributed by atoms with Gasteiger partial charge in [0, 0.05) is 24.9 Å². The standard InChI is InChI=1S/C16H25NO4/c18-14(11-4-5-12(9-11)15(19)20)17-8-7-16(21)6-2-1-3-13(16)10-17/h11-13,21H,1-10H2,(H,19,20)/t11-,12+,13?,16?/m1/s1. The molecule has 2 aliphatic carbocycles. The minimum atomic E-state index is -0.773. The third-order valence-electron chi connectivity index (χ3n) is 5.87. The molecule has 4 atom stereocenters. The van der Waals surface area contributed by atoms with Gasteiger partial charge in [-0.3, -0.25) is 9.59 Å². The van der Waals surface area contributed by atoms with Gasteiger partial charge < -0.3 is 15.1 Å². The zero-order valence-electron chi connectivity index (χ0n) is 12.5. The molecule has 0 aromatic heterocycles. The number of rotatable bonds is 2. The summed E-state index contributed by atoms with van der Waals surface area (Å²) in [5, 5.41) is 19.7. The SMILES string of the molecule is O=C(O)[C@H]1CC[C@@H](C(=O)N2CCC3(O)CCCCC3C2)C1. The first-order valence-corrected chi connectivity index (χ1v) is 8.23. The Labute approximate surface area is 125 Å². The largest absolute Gasteiger partial charge is 0.481 e. The molecule has 3 aliphatic rings. The molecule has 5 nitrogen and oxygen atoms in total. The summed E-state index contributed by atoms with van der Waals surface area (Å²) in [6, 6.07) is 0. The van der Waals surface area contributed by atoms with E-state index >= 15 is 0 Å². The van der Waals surface area contributed by atoms with Crippen LogP contribution in [0.25, 0.3) is 0 Å². The third-order valence-corrected chi connectivity index (χ3v) is 5.87. The van der Waals surface area contributed by atoms with Crippen molar-refractivity contribution in [3.05, 3.63) is 0 Å². The van der Waals surface area contributed by atoms with Crippen LogP contribution < -0.4 is 0 Å². The second-order valence-electron chi connectivity index (χ2n) is 7.13. The van der Waals surface area contributed by atoms with Gasteiger partial charge in [-0.15, -0.1) is 0 Å². The number of carboxylic acid groups (broad SMARTS) is 1. The van der Waals surface area contributed by atoms with Gasteiger partial charge in [0.05, 0.1) is 11.5 Å². The van der Waals surface area contributed by atoms with Crippen LogP contribution >= 0.6 is 0 Å². The number of carboxylic acids is 1. The van der Waals surface area contributed by atoms with Crippen molar-refractivity contribution < 1.29 is 19.8 Å². The summed E-state index contributed by atoms with van der Waals surface area (Å²) in [6.07, 6.45) is 6.57. The molecule has 0 spiro atoms. The molecule has 0 radical (unpaired) electrons. The number of likely N-dealkylation sites (tertiary alicyclic amines) is 1. The zero-order chi connectivity index (χ0) is 15.0. The normalized spacial score (nSPS) is 39.9. The molecule has 5 heteroatoms. The summed E-state index contributed by atoms with van der Waals surface area (Å²) in [7, 11) is 0. The maximum atomic E-state index is 12.6. The zero-order valence-corrected chi connectivity index (χ0v) is 12.5. The number of piperidine rings is 1. The van der Waals surface area contributed by atoms with E-state index in [1.807, 2.05) is 4.90 Å². The highest BCUT2D eigenvalue weighted by Gasteiger charge is 2.45. The molecule has 118 valence electrons. The van der Waals surface area contributed by atoms with Crippen LogP contribution in [0.4, 0.5) is 0 Å². The van der Waals surface area contributed by atoms with E-state index in [9.17, 15) is 14.7 Å². The van der Waals surface area contributed by atoms with Crippen molar-refractivity contribution in [1.29, 1.82) is 0 Å². The van der Waals surface area contributed by atoms with Crippen molar-refractivity contribution in [3.63, 3.8) is 0 Å². The minimum Gasteiger partial charge on any atom is -0.481 e. The van der Waals surface area contributed by atoms with Crippen LogP contribution in [0.15, 0.2) is 0 Å². The highest BCUT2D eigenvalue weighted by Crippen LogP contribution is 2.41. The molecular weight excluding hydrogens is 270 g/mol. The van der Waals surface area contributed by atoms with Crippen molar-refractivity contribution >= 4 is 11.9 Å². The average Bonchev–Trinajstić information content (AvgIpc) is 2.95. The summed E-state index contributed by atoms with van der Waals surface area (Å²) in [5.41, 5.74) is -0.561. The lowest BCUT2D eigenvalue weighted by atomic mass is 9.71. The van der Waals surface area contributed by atoms with Crippen LogP contribution in [-0.2, 0) is 9.59 Å².